The van der Waals surface area contributed by atoms with Gasteiger partial charge >= 0.3 is 0 Å². The number of pyridine rings is 2. The normalized spacial score (nSPS) is 10.7. The fourth-order valence-corrected chi connectivity index (χ4v) is 2.18. The van der Waals surface area contributed by atoms with Crippen molar-refractivity contribution in [3.05, 3.63) is 51.5 Å². The van der Waals surface area contributed by atoms with Crippen LogP contribution in [0.15, 0.2) is 35.1 Å². The quantitative estimate of drug-likeness (QED) is 0.838. The van der Waals surface area contributed by atoms with E-state index in [2.05, 4.69) is 31.2 Å². The van der Waals surface area contributed by atoms with Crippen LogP contribution in [0.2, 0.25) is 5.15 Å². The Morgan fingerprint density at radius 2 is 2.15 bits per heavy atom. The van der Waals surface area contributed by atoms with E-state index in [1.165, 1.54) is 0 Å². The molecule has 1 N–H and O–H groups in total. The van der Waals surface area contributed by atoms with Crippen molar-refractivity contribution in [3.8, 4) is 0 Å². The van der Waals surface area contributed by atoms with Gasteiger partial charge in [-0.15, -0.1) is 0 Å². The van der Waals surface area contributed by atoms with Gasteiger partial charge in [0.2, 0.25) is 0 Å². The Bertz CT molecular complexity index is 646. The first-order valence-corrected chi connectivity index (χ1v) is 7.23. The highest BCUT2D eigenvalue weighted by Gasteiger charge is 2.12. The molecule has 1 amide bonds. The fraction of sp³-hybridized carbons (Fsp3) is 0.214. The van der Waals surface area contributed by atoms with Gasteiger partial charge in [0.05, 0.1) is 10.2 Å². The maximum Gasteiger partial charge on any atom is 0.255 e. The number of halogens is 2. The maximum atomic E-state index is 12.3. The Balaban J connectivity index is 2.28. The third-order valence-corrected chi connectivity index (χ3v) is 3.51. The van der Waals surface area contributed by atoms with Crippen molar-refractivity contribution in [2.24, 2.45) is 0 Å². The molecule has 0 bridgehead atoms. The average molecular weight is 355 g/mol. The summed E-state index contributed by atoms with van der Waals surface area (Å²) in [6.07, 6.45) is 3.23. The monoisotopic (exact) mass is 353 g/mol. The lowest BCUT2D eigenvalue weighted by Crippen LogP contribution is -2.13. The minimum absolute atomic E-state index is 0.202. The topological polar surface area (TPSA) is 54.9 Å². The number of aromatic nitrogens is 2. The summed E-state index contributed by atoms with van der Waals surface area (Å²) in [5, 5.41) is 3.12. The highest BCUT2D eigenvalue weighted by molar-refractivity contribution is 9.10. The zero-order chi connectivity index (χ0) is 14.7. The van der Waals surface area contributed by atoms with Crippen molar-refractivity contribution in [1.29, 1.82) is 0 Å². The lowest BCUT2D eigenvalue weighted by molar-refractivity contribution is 0.102. The van der Waals surface area contributed by atoms with Crippen molar-refractivity contribution in [2.75, 3.05) is 5.32 Å². The SMILES string of the molecule is CC(C)c1cc(C(=O)Nc2ccncc2Br)cc(Cl)n1. The van der Waals surface area contributed by atoms with Crippen LogP contribution in [-0.4, -0.2) is 15.9 Å². The van der Waals surface area contributed by atoms with Crippen molar-refractivity contribution in [3.63, 3.8) is 0 Å². The van der Waals surface area contributed by atoms with Gasteiger partial charge in [-0.2, -0.15) is 0 Å². The summed E-state index contributed by atoms with van der Waals surface area (Å²) in [6, 6.07) is 5.02. The second-order valence-corrected chi connectivity index (χ2v) is 5.81. The second-order valence-electron chi connectivity index (χ2n) is 4.57. The van der Waals surface area contributed by atoms with Gasteiger partial charge in [0.1, 0.15) is 5.15 Å². The standard InChI is InChI=1S/C14H13BrClN3O/c1-8(2)12-5-9(6-13(16)18-12)14(20)19-11-3-4-17-7-10(11)15/h3-8H,1-2H3,(H,17,19,20). The number of carbonyl (C=O) groups is 1. The van der Waals surface area contributed by atoms with Crippen LogP contribution in [0.1, 0.15) is 35.8 Å². The molecule has 0 saturated carbocycles. The summed E-state index contributed by atoms with van der Waals surface area (Å²) in [7, 11) is 0. The van der Waals surface area contributed by atoms with Crippen molar-refractivity contribution in [1.82, 2.24) is 9.97 Å². The van der Waals surface area contributed by atoms with E-state index in [1.54, 1.807) is 30.6 Å². The average Bonchev–Trinajstić information content (AvgIpc) is 2.40. The molecule has 0 aliphatic heterocycles. The van der Waals surface area contributed by atoms with Gasteiger partial charge in [-0.05, 0) is 40.0 Å². The maximum absolute atomic E-state index is 12.3. The molecule has 0 unspecified atom stereocenters. The molecular formula is C14H13BrClN3O. The third kappa shape index (κ3) is 3.55. The lowest BCUT2D eigenvalue weighted by atomic mass is 10.1. The Morgan fingerprint density at radius 3 is 2.80 bits per heavy atom. The molecule has 104 valence electrons. The molecule has 4 nitrogen and oxygen atoms in total. The number of hydrogen-bond acceptors (Lipinski definition) is 3. The molecule has 0 spiro atoms. The minimum atomic E-state index is -0.233. The molecule has 2 aromatic rings. The minimum Gasteiger partial charge on any atom is -0.321 e. The van der Waals surface area contributed by atoms with Gasteiger partial charge in [0.15, 0.2) is 0 Å². The predicted octanol–water partition coefficient (Wildman–Crippen LogP) is 4.27. The van der Waals surface area contributed by atoms with E-state index in [9.17, 15) is 4.79 Å². The Kier molecular flexibility index (Phi) is 4.73. The highest BCUT2D eigenvalue weighted by Crippen LogP contribution is 2.22. The van der Waals surface area contributed by atoms with E-state index in [0.29, 0.717) is 16.4 Å². The van der Waals surface area contributed by atoms with Crippen LogP contribution < -0.4 is 5.32 Å². The van der Waals surface area contributed by atoms with E-state index in [4.69, 9.17) is 11.6 Å². The van der Waals surface area contributed by atoms with Crippen LogP contribution >= 0.6 is 27.5 Å². The molecule has 2 aromatic heterocycles. The van der Waals surface area contributed by atoms with Crippen LogP contribution in [0.5, 0.6) is 0 Å². The van der Waals surface area contributed by atoms with Gasteiger partial charge in [-0.25, -0.2) is 4.98 Å². The molecule has 0 fully saturated rings. The first-order valence-electron chi connectivity index (χ1n) is 6.05. The molecule has 0 radical (unpaired) electrons. The largest absolute Gasteiger partial charge is 0.321 e. The molecule has 2 heterocycles. The molecule has 0 aromatic carbocycles. The molecular weight excluding hydrogens is 342 g/mol. The zero-order valence-corrected chi connectivity index (χ0v) is 13.4. The number of nitrogens with one attached hydrogen (secondary N) is 1. The molecule has 20 heavy (non-hydrogen) atoms. The number of nitrogens with zero attached hydrogens (tertiary/aromatic N) is 2. The summed E-state index contributed by atoms with van der Waals surface area (Å²) in [5.41, 5.74) is 1.93. The molecule has 0 saturated heterocycles. The van der Waals surface area contributed by atoms with Crippen molar-refractivity contribution in [2.45, 2.75) is 19.8 Å². The van der Waals surface area contributed by atoms with E-state index in [0.717, 1.165) is 10.2 Å². The number of carbonyl (C=O) groups excluding carboxylic acids is 1. The van der Waals surface area contributed by atoms with Crippen LogP contribution in [-0.2, 0) is 0 Å². The number of hydrogen-bond donors (Lipinski definition) is 1. The van der Waals surface area contributed by atoms with Gasteiger partial charge in [0, 0.05) is 23.7 Å². The fourth-order valence-electron chi connectivity index (χ4n) is 1.62. The number of rotatable bonds is 3. The molecule has 6 heteroatoms. The smallest absolute Gasteiger partial charge is 0.255 e. The Hall–Kier alpha value is -1.46. The van der Waals surface area contributed by atoms with E-state index in [-0.39, 0.29) is 11.8 Å². The molecule has 0 aliphatic carbocycles. The number of anilines is 1. The summed E-state index contributed by atoms with van der Waals surface area (Å²) in [5.74, 6) is -0.0315. The van der Waals surface area contributed by atoms with Crippen LogP contribution in [0, 0.1) is 0 Å². The van der Waals surface area contributed by atoms with Crippen LogP contribution in [0.25, 0.3) is 0 Å². The first-order chi connectivity index (χ1) is 9.47. The van der Waals surface area contributed by atoms with Crippen LogP contribution in [0.3, 0.4) is 0 Å². The highest BCUT2D eigenvalue weighted by atomic mass is 79.9. The number of amides is 1. The molecule has 0 atom stereocenters. The molecule has 2 rings (SSSR count). The van der Waals surface area contributed by atoms with Gasteiger partial charge in [0.25, 0.3) is 5.91 Å². The third-order valence-electron chi connectivity index (χ3n) is 2.69. The van der Waals surface area contributed by atoms with E-state index < -0.39 is 0 Å². The van der Waals surface area contributed by atoms with E-state index >= 15 is 0 Å². The summed E-state index contributed by atoms with van der Waals surface area (Å²) < 4.78 is 0.720. The lowest BCUT2D eigenvalue weighted by Gasteiger charge is -2.10. The van der Waals surface area contributed by atoms with Crippen LogP contribution in [0.4, 0.5) is 5.69 Å². The summed E-state index contributed by atoms with van der Waals surface area (Å²) >= 11 is 9.30. The Morgan fingerprint density at radius 1 is 1.40 bits per heavy atom. The van der Waals surface area contributed by atoms with Gasteiger partial charge in [-0.1, -0.05) is 25.4 Å². The summed E-state index contributed by atoms with van der Waals surface area (Å²) in [6.45, 7) is 4.00. The predicted molar refractivity (Wildman–Crippen MR) is 83.2 cm³/mol. The molecule has 0 aliphatic rings. The first kappa shape index (κ1) is 14.9. The van der Waals surface area contributed by atoms with Gasteiger partial charge < -0.3 is 5.32 Å². The van der Waals surface area contributed by atoms with E-state index in [1.807, 2.05) is 13.8 Å². The van der Waals surface area contributed by atoms with Gasteiger partial charge in [-0.3, -0.25) is 9.78 Å². The van der Waals surface area contributed by atoms with Crippen molar-refractivity contribution < 1.29 is 4.79 Å². The van der Waals surface area contributed by atoms with Crippen molar-refractivity contribution >= 4 is 39.1 Å². The second kappa shape index (κ2) is 6.33. The Labute approximate surface area is 130 Å². The summed E-state index contributed by atoms with van der Waals surface area (Å²) in [4.78, 5) is 20.4. The zero-order valence-electron chi connectivity index (χ0n) is 11.0.